The number of rotatable bonds is 3. The van der Waals surface area contributed by atoms with E-state index in [1.54, 1.807) is 29.5 Å². The van der Waals surface area contributed by atoms with Crippen LogP contribution >= 0.6 is 23.1 Å². The number of thiazole rings is 1. The minimum Gasteiger partial charge on any atom is -0.454 e. The summed E-state index contributed by atoms with van der Waals surface area (Å²) in [6.45, 7) is 0. The van der Waals surface area contributed by atoms with Gasteiger partial charge in [0.05, 0.1) is 20.8 Å². The number of hydrogen-bond acceptors (Lipinski definition) is 6. The van der Waals surface area contributed by atoms with Crippen LogP contribution in [0.15, 0.2) is 75.0 Å². The average Bonchev–Trinajstić information content (AvgIpc) is 3.42. The third kappa shape index (κ3) is 3.72. The number of fused-ring (bicyclic) bond motifs is 1. The molecular formula is C21H12FN3O2S2. The van der Waals surface area contributed by atoms with Crippen LogP contribution in [0.5, 0.6) is 0 Å². The molecule has 0 unspecified atom stereocenters. The number of amidine groups is 1. The lowest BCUT2D eigenvalue weighted by Gasteiger charge is -1.99. The second kappa shape index (κ2) is 7.31. The Morgan fingerprint density at radius 3 is 2.72 bits per heavy atom. The van der Waals surface area contributed by atoms with Gasteiger partial charge in [0, 0.05) is 0 Å². The van der Waals surface area contributed by atoms with Gasteiger partial charge in [0.1, 0.15) is 17.4 Å². The van der Waals surface area contributed by atoms with E-state index >= 15 is 0 Å². The van der Waals surface area contributed by atoms with Gasteiger partial charge in [-0.05, 0) is 66.4 Å². The van der Waals surface area contributed by atoms with Gasteiger partial charge in [0.15, 0.2) is 10.8 Å². The number of nitrogens with zero attached hydrogens (tertiary/aromatic N) is 2. The number of aliphatic imine (C=N–C) groups is 1. The fraction of sp³-hybridized carbons (Fsp3) is 0. The van der Waals surface area contributed by atoms with Gasteiger partial charge in [-0.3, -0.25) is 4.79 Å². The number of thioether (sulfide) groups is 1. The first-order valence-electron chi connectivity index (χ1n) is 8.65. The molecule has 0 bridgehead atoms. The predicted molar refractivity (Wildman–Crippen MR) is 115 cm³/mol. The Labute approximate surface area is 173 Å². The van der Waals surface area contributed by atoms with Crippen LogP contribution in [0, 0.1) is 5.82 Å². The molecule has 2 aromatic carbocycles. The number of aromatic nitrogens is 1. The quantitative estimate of drug-likeness (QED) is 0.426. The summed E-state index contributed by atoms with van der Waals surface area (Å²) in [4.78, 5) is 21.5. The van der Waals surface area contributed by atoms with Crippen molar-refractivity contribution in [3.05, 3.63) is 77.1 Å². The van der Waals surface area contributed by atoms with Gasteiger partial charge >= 0.3 is 0 Å². The minimum absolute atomic E-state index is 0.227. The third-order valence-corrected chi connectivity index (χ3v) is 6.00. The zero-order chi connectivity index (χ0) is 19.8. The third-order valence-electron chi connectivity index (χ3n) is 4.13. The molecule has 1 fully saturated rings. The molecule has 0 saturated carbocycles. The zero-order valence-corrected chi connectivity index (χ0v) is 16.4. The van der Waals surface area contributed by atoms with E-state index < -0.39 is 0 Å². The van der Waals surface area contributed by atoms with Gasteiger partial charge < -0.3 is 9.73 Å². The van der Waals surface area contributed by atoms with Crippen molar-refractivity contribution in [3.63, 3.8) is 0 Å². The first kappa shape index (κ1) is 17.8. The van der Waals surface area contributed by atoms with Crippen molar-refractivity contribution in [2.24, 2.45) is 4.99 Å². The van der Waals surface area contributed by atoms with Crippen molar-refractivity contribution in [1.82, 2.24) is 10.3 Å². The van der Waals surface area contributed by atoms with Crippen molar-refractivity contribution in [2.45, 2.75) is 0 Å². The number of carbonyl (C=O) groups is 1. The van der Waals surface area contributed by atoms with Gasteiger partial charge in [-0.2, -0.15) is 0 Å². The van der Waals surface area contributed by atoms with Crippen molar-refractivity contribution in [3.8, 4) is 10.8 Å². The van der Waals surface area contributed by atoms with E-state index in [0.29, 0.717) is 27.9 Å². The molecule has 0 aliphatic carbocycles. The van der Waals surface area contributed by atoms with E-state index in [0.717, 1.165) is 27.0 Å². The molecule has 5 rings (SSSR count). The Hall–Kier alpha value is -3.23. The molecule has 1 N–H and O–H groups in total. The van der Waals surface area contributed by atoms with E-state index in [-0.39, 0.29) is 11.1 Å². The highest BCUT2D eigenvalue weighted by Crippen LogP contribution is 2.33. The first-order chi connectivity index (χ1) is 14.1. The lowest BCUT2D eigenvalue weighted by Crippen LogP contribution is -2.18. The van der Waals surface area contributed by atoms with Crippen LogP contribution in [0.2, 0.25) is 0 Å². The number of nitrogens with one attached hydrogen (secondary N) is 1. The van der Waals surface area contributed by atoms with Crippen molar-refractivity contribution < 1.29 is 13.6 Å². The highest BCUT2D eigenvalue weighted by molar-refractivity contribution is 8.18. The highest BCUT2D eigenvalue weighted by Gasteiger charge is 2.24. The van der Waals surface area contributed by atoms with E-state index in [1.165, 1.54) is 12.1 Å². The Morgan fingerprint density at radius 2 is 1.90 bits per heavy atom. The summed E-state index contributed by atoms with van der Waals surface area (Å²) >= 11 is 2.59. The van der Waals surface area contributed by atoms with Crippen LogP contribution in [0.1, 0.15) is 5.76 Å². The molecule has 0 spiro atoms. The van der Waals surface area contributed by atoms with E-state index in [2.05, 4.69) is 15.3 Å². The lowest BCUT2D eigenvalue weighted by molar-refractivity contribution is 0.265. The SMILES string of the molecule is O=C1NC(=Nc2ccc(F)cc2)/C(=C/c2ccc(-c3nc4ccccc4s3)o2)S1. The van der Waals surface area contributed by atoms with Crippen LogP contribution in [0.3, 0.4) is 0 Å². The normalized spacial score (nSPS) is 16.8. The minimum atomic E-state index is -0.340. The summed E-state index contributed by atoms with van der Waals surface area (Å²) in [6, 6.07) is 17.3. The highest BCUT2D eigenvalue weighted by atomic mass is 32.2. The maximum absolute atomic E-state index is 13.1. The molecule has 1 aliphatic rings. The van der Waals surface area contributed by atoms with Crippen LogP contribution in [0.25, 0.3) is 27.1 Å². The molecule has 1 aliphatic heterocycles. The van der Waals surface area contributed by atoms with Crippen LogP contribution in [0.4, 0.5) is 14.9 Å². The molecule has 0 radical (unpaired) electrons. The topological polar surface area (TPSA) is 67.5 Å². The van der Waals surface area contributed by atoms with Crippen molar-refractivity contribution in [2.75, 3.05) is 0 Å². The lowest BCUT2D eigenvalue weighted by atomic mass is 10.3. The summed E-state index contributed by atoms with van der Waals surface area (Å²) in [5, 5.41) is 3.27. The molecule has 4 aromatic rings. The number of halogens is 1. The fourth-order valence-corrected chi connectivity index (χ4v) is 4.45. The summed E-state index contributed by atoms with van der Waals surface area (Å²) in [7, 11) is 0. The van der Waals surface area contributed by atoms with Crippen LogP contribution < -0.4 is 5.32 Å². The number of furan rings is 1. The number of carbonyl (C=O) groups excluding carboxylic acids is 1. The molecule has 5 nitrogen and oxygen atoms in total. The van der Waals surface area contributed by atoms with E-state index in [9.17, 15) is 9.18 Å². The molecular weight excluding hydrogens is 409 g/mol. The first-order valence-corrected chi connectivity index (χ1v) is 10.3. The molecule has 1 amide bonds. The Kier molecular flexibility index (Phi) is 4.49. The maximum Gasteiger partial charge on any atom is 0.289 e. The number of hydrogen-bond donors (Lipinski definition) is 1. The van der Waals surface area contributed by atoms with E-state index in [1.807, 2.05) is 36.4 Å². The summed E-state index contributed by atoms with van der Waals surface area (Å²) in [5.74, 6) is 1.32. The predicted octanol–water partition coefficient (Wildman–Crippen LogP) is 6.22. The van der Waals surface area contributed by atoms with E-state index in [4.69, 9.17) is 4.42 Å². The van der Waals surface area contributed by atoms with Crippen LogP contribution in [-0.2, 0) is 0 Å². The van der Waals surface area contributed by atoms with Gasteiger partial charge in [0.25, 0.3) is 5.24 Å². The van der Waals surface area contributed by atoms with Gasteiger partial charge in [-0.25, -0.2) is 14.4 Å². The second-order valence-electron chi connectivity index (χ2n) is 6.15. The largest absolute Gasteiger partial charge is 0.454 e. The standard InChI is InChI=1S/C21H12FN3O2S2/c22-12-5-7-13(8-6-12)23-19-18(29-21(26)25-19)11-14-9-10-16(27-14)20-24-15-3-1-2-4-17(15)28-20/h1-11H,(H,23,25,26)/b18-11-. The summed E-state index contributed by atoms with van der Waals surface area (Å²) in [6.07, 6.45) is 1.75. The van der Waals surface area contributed by atoms with Crippen molar-refractivity contribution >= 4 is 56.2 Å². The van der Waals surface area contributed by atoms with Crippen LogP contribution in [-0.4, -0.2) is 16.1 Å². The molecule has 0 atom stereocenters. The zero-order valence-electron chi connectivity index (χ0n) is 14.8. The second-order valence-corrected chi connectivity index (χ2v) is 8.19. The van der Waals surface area contributed by atoms with Crippen molar-refractivity contribution in [1.29, 1.82) is 0 Å². The Balaban J connectivity index is 1.46. The molecule has 8 heteroatoms. The smallest absolute Gasteiger partial charge is 0.289 e. The van der Waals surface area contributed by atoms with Gasteiger partial charge in [-0.15, -0.1) is 11.3 Å². The van der Waals surface area contributed by atoms with Gasteiger partial charge in [0.2, 0.25) is 0 Å². The molecule has 2 aromatic heterocycles. The Morgan fingerprint density at radius 1 is 1.07 bits per heavy atom. The number of benzene rings is 2. The molecule has 142 valence electrons. The maximum atomic E-state index is 13.1. The molecule has 29 heavy (non-hydrogen) atoms. The fourth-order valence-electron chi connectivity index (χ4n) is 2.81. The Bertz CT molecular complexity index is 1260. The number of amides is 1. The summed E-state index contributed by atoms with van der Waals surface area (Å²) < 4.78 is 20.1. The average molecular weight is 421 g/mol. The summed E-state index contributed by atoms with van der Waals surface area (Å²) in [5.41, 5.74) is 1.48. The van der Waals surface area contributed by atoms with Gasteiger partial charge in [-0.1, -0.05) is 12.1 Å². The monoisotopic (exact) mass is 421 g/mol. The molecule has 1 saturated heterocycles. The molecule has 3 heterocycles. The number of para-hydroxylation sites is 1.